The van der Waals surface area contributed by atoms with Crippen molar-refractivity contribution in [3.05, 3.63) is 17.7 Å². The fraction of sp³-hybridized carbons (Fsp3) is 0.812. The standard InChI is InChI=1S/C16H27N3O/c1-12(2)18-8-5-13(6-9-18)16-17-10-15-14(11-20)4-3-7-19(15)16/h10,12-14,20H,3-9,11H2,1-2H3. The lowest BCUT2D eigenvalue weighted by Crippen LogP contribution is -2.38. The van der Waals surface area contributed by atoms with Gasteiger partial charge in [0.15, 0.2) is 0 Å². The highest BCUT2D eigenvalue weighted by Crippen LogP contribution is 2.34. The number of fused-ring (bicyclic) bond motifs is 1. The zero-order valence-corrected chi connectivity index (χ0v) is 12.8. The second-order valence-corrected chi connectivity index (χ2v) is 6.62. The molecule has 4 nitrogen and oxygen atoms in total. The number of aliphatic hydroxyl groups is 1. The van der Waals surface area contributed by atoms with Crippen molar-refractivity contribution < 1.29 is 5.11 Å². The Morgan fingerprint density at radius 2 is 2.00 bits per heavy atom. The van der Waals surface area contributed by atoms with Gasteiger partial charge in [0.05, 0.1) is 6.61 Å². The zero-order valence-electron chi connectivity index (χ0n) is 12.8. The van der Waals surface area contributed by atoms with Crippen LogP contribution < -0.4 is 0 Å². The summed E-state index contributed by atoms with van der Waals surface area (Å²) in [6.07, 6.45) is 6.74. The van der Waals surface area contributed by atoms with Crippen molar-refractivity contribution >= 4 is 0 Å². The maximum Gasteiger partial charge on any atom is 0.112 e. The number of hydrogen-bond acceptors (Lipinski definition) is 3. The topological polar surface area (TPSA) is 41.3 Å². The predicted octanol–water partition coefficient (Wildman–Crippen LogP) is 2.34. The first-order chi connectivity index (χ1) is 9.70. The maximum absolute atomic E-state index is 9.51. The Kier molecular flexibility index (Phi) is 4.13. The molecule has 1 aromatic rings. The molecule has 2 aliphatic rings. The lowest BCUT2D eigenvalue weighted by Gasteiger charge is -2.35. The molecule has 1 unspecified atom stereocenters. The van der Waals surface area contributed by atoms with Crippen molar-refractivity contribution in [1.82, 2.24) is 14.5 Å². The van der Waals surface area contributed by atoms with Crippen LogP contribution in [0.2, 0.25) is 0 Å². The Morgan fingerprint density at radius 1 is 1.25 bits per heavy atom. The minimum absolute atomic E-state index is 0.261. The van der Waals surface area contributed by atoms with Crippen LogP contribution in [-0.2, 0) is 6.54 Å². The summed E-state index contributed by atoms with van der Waals surface area (Å²) in [4.78, 5) is 7.29. The molecule has 20 heavy (non-hydrogen) atoms. The van der Waals surface area contributed by atoms with Gasteiger partial charge in [0.2, 0.25) is 0 Å². The average molecular weight is 277 g/mol. The van der Waals surface area contributed by atoms with Crippen LogP contribution in [0.4, 0.5) is 0 Å². The van der Waals surface area contributed by atoms with Crippen molar-refractivity contribution in [3.8, 4) is 0 Å². The van der Waals surface area contributed by atoms with Crippen molar-refractivity contribution in [2.45, 2.75) is 64.0 Å². The van der Waals surface area contributed by atoms with E-state index in [1.807, 2.05) is 6.20 Å². The molecular weight excluding hydrogens is 250 g/mol. The molecule has 0 aliphatic carbocycles. The monoisotopic (exact) mass is 277 g/mol. The summed E-state index contributed by atoms with van der Waals surface area (Å²) < 4.78 is 2.40. The van der Waals surface area contributed by atoms with Gasteiger partial charge in [0.1, 0.15) is 5.82 Å². The summed E-state index contributed by atoms with van der Waals surface area (Å²) in [6, 6.07) is 0.656. The molecule has 3 heterocycles. The van der Waals surface area contributed by atoms with Gasteiger partial charge in [-0.1, -0.05) is 0 Å². The van der Waals surface area contributed by atoms with E-state index in [0.717, 1.165) is 13.0 Å². The molecule has 4 heteroatoms. The summed E-state index contributed by atoms with van der Waals surface area (Å²) in [5, 5.41) is 9.51. The van der Waals surface area contributed by atoms with E-state index >= 15 is 0 Å². The Bertz CT molecular complexity index is 447. The molecule has 2 aliphatic heterocycles. The fourth-order valence-corrected chi connectivity index (χ4v) is 3.80. The number of aliphatic hydroxyl groups excluding tert-OH is 1. The van der Waals surface area contributed by atoms with Gasteiger partial charge in [0.25, 0.3) is 0 Å². The first-order valence-corrected chi connectivity index (χ1v) is 8.11. The molecule has 0 radical (unpaired) electrons. The minimum Gasteiger partial charge on any atom is -0.396 e. The number of likely N-dealkylation sites (tertiary alicyclic amines) is 1. The second kappa shape index (κ2) is 5.86. The van der Waals surface area contributed by atoms with Crippen LogP contribution in [0.3, 0.4) is 0 Å². The summed E-state index contributed by atoms with van der Waals surface area (Å²) in [5.41, 5.74) is 1.26. The average Bonchev–Trinajstić information content (AvgIpc) is 2.91. The SMILES string of the molecule is CC(C)N1CCC(c2ncc3n2CCCC3CO)CC1. The first-order valence-electron chi connectivity index (χ1n) is 8.11. The summed E-state index contributed by atoms with van der Waals surface area (Å²) in [5.74, 6) is 2.19. The molecule has 0 amide bonds. The van der Waals surface area contributed by atoms with E-state index in [0.29, 0.717) is 17.9 Å². The minimum atomic E-state index is 0.261. The number of rotatable bonds is 3. The second-order valence-electron chi connectivity index (χ2n) is 6.62. The van der Waals surface area contributed by atoms with E-state index in [2.05, 4.69) is 23.3 Å². The normalized spacial score (nSPS) is 25.1. The van der Waals surface area contributed by atoms with E-state index in [-0.39, 0.29) is 6.61 Å². The van der Waals surface area contributed by atoms with Crippen LogP contribution in [0.15, 0.2) is 6.20 Å². The van der Waals surface area contributed by atoms with E-state index in [4.69, 9.17) is 4.98 Å². The van der Waals surface area contributed by atoms with Gasteiger partial charge in [-0.3, -0.25) is 0 Å². The maximum atomic E-state index is 9.51. The Labute approximate surface area is 121 Å². The van der Waals surface area contributed by atoms with Crippen molar-refractivity contribution in [2.75, 3.05) is 19.7 Å². The summed E-state index contributed by atoms with van der Waals surface area (Å²) in [7, 11) is 0. The number of nitrogens with zero attached hydrogens (tertiary/aromatic N) is 3. The molecular formula is C16H27N3O. The van der Waals surface area contributed by atoms with E-state index in [1.54, 1.807) is 0 Å². The zero-order chi connectivity index (χ0) is 14.1. The molecule has 3 rings (SSSR count). The van der Waals surface area contributed by atoms with Crippen LogP contribution in [0, 0.1) is 0 Å². The summed E-state index contributed by atoms with van der Waals surface area (Å²) in [6.45, 7) is 8.29. The molecule has 112 valence electrons. The van der Waals surface area contributed by atoms with Gasteiger partial charge in [-0.25, -0.2) is 4.98 Å². The van der Waals surface area contributed by atoms with Crippen LogP contribution in [-0.4, -0.2) is 45.3 Å². The van der Waals surface area contributed by atoms with Gasteiger partial charge in [0, 0.05) is 36.3 Å². The molecule has 1 atom stereocenters. The number of imidazole rings is 1. The molecule has 0 aromatic carbocycles. The lowest BCUT2D eigenvalue weighted by molar-refractivity contribution is 0.167. The quantitative estimate of drug-likeness (QED) is 0.922. The Morgan fingerprint density at radius 3 is 2.65 bits per heavy atom. The molecule has 1 saturated heterocycles. The van der Waals surface area contributed by atoms with E-state index in [1.165, 1.54) is 43.9 Å². The fourth-order valence-electron chi connectivity index (χ4n) is 3.80. The molecule has 0 saturated carbocycles. The first kappa shape index (κ1) is 14.1. The largest absolute Gasteiger partial charge is 0.396 e. The van der Waals surface area contributed by atoms with Crippen LogP contribution in [0.5, 0.6) is 0 Å². The molecule has 0 spiro atoms. The van der Waals surface area contributed by atoms with Crippen molar-refractivity contribution in [3.63, 3.8) is 0 Å². The van der Waals surface area contributed by atoms with Crippen LogP contribution in [0.25, 0.3) is 0 Å². The molecule has 1 aromatic heterocycles. The number of hydrogen-bond donors (Lipinski definition) is 1. The lowest BCUT2D eigenvalue weighted by atomic mass is 9.93. The highest BCUT2D eigenvalue weighted by molar-refractivity contribution is 5.16. The molecule has 1 N–H and O–H groups in total. The van der Waals surface area contributed by atoms with Gasteiger partial charge in [-0.05, 0) is 52.6 Å². The highest BCUT2D eigenvalue weighted by atomic mass is 16.3. The molecule has 0 bridgehead atoms. The number of aromatic nitrogens is 2. The Balaban J connectivity index is 1.74. The van der Waals surface area contributed by atoms with E-state index < -0.39 is 0 Å². The van der Waals surface area contributed by atoms with Gasteiger partial charge >= 0.3 is 0 Å². The predicted molar refractivity (Wildman–Crippen MR) is 80.0 cm³/mol. The van der Waals surface area contributed by atoms with Gasteiger partial charge < -0.3 is 14.6 Å². The van der Waals surface area contributed by atoms with Crippen molar-refractivity contribution in [2.24, 2.45) is 0 Å². The highest BCUT2D eigenvalue weighted by Gasteiger charge is 2.29. The third-order valence-electron chi connectivity index (χ3n) is 5.12. The van der Waals surface area contributed by atoms with E-state index in [9.17, 15) is 5.11 Å². The third-order valence-corrected chi connectivity index (χ3v) is 5.12. The smallest absolute Gasteiger partial charge is 0.112 e. The molecule has 1 fully saturated rings. The third kappa shape index (κ3) is 2.51. The number of piperidine rings is 1. The van der Waals surface area contributed by atoms with Crippen LogP contribution in [0.1, 0.15) is 62.9 Å². The van der Waals surface area contributed by atoms with Crippen molar-refractivity contribution in [1.29, 1.82) is 0 Å². The van der Waals surface area contributed by atoms with Crippen LogP contribution >= 0.6 is 0 Å². The van der Waals surface area contributed by atoms with Gasteiger partial charge in [-0.2, -0.15) is 0 Å². The summed E-state index contributed by atoms with van der Waals surface area (Å²) >= 11 is 0. The van der Waals surface area contributed by atoms with Gasteiger partial charge in [-0.15, -0.1) is 0 Å². The Hall–Kier alpha value is -0.870.